The van der Waals surface area contributed by atoms with Crippen LogP contribution < -0.4 is 21.7 Å². The molecule has 6 aromatic carbocycles. The predicted octanol–water partition coefficient (Wildman–Crippen LogP) is 5.69. The molecular weight excluding hydrogens is 945 g/mol. The fraction of sp³-hybridized carbons (Fsp3) is 0.233. The Labute approximate surface area is 433 Å². The zero-order chi connectivity index (χ0) is 52.0. The Balaban J connectivity index is 0.968. The molecule has 2 aliphatic rings. The molecule has 15 heteroatoms. The van der Waals surface area contributed by atoms with Crippen molar-refractivity contribution < 1.29 is 33.9 Å². The van der Waals surface area contributed by atoms with Crippen molar-refractivity contribution in [3.8, 4) is 0 Å². The van der Waals surface area contributed by atoms with Crippen molar-refractivity contribution in [1.82, 2.24) is 35.7 Å². The number of H-pyrrole nitrogens is 2. The molecule has 0 unspecified atom stereocenters. The molecule has 4 heterocycles. The Kier molecular flexibility index (Phi) is 14.7. The highest BCUT2D eigenvalue weighted by atomic mass is 16.4. The molecule has 0 bridgehead atoms. The molecule has 2 aromatic heterocycles. The summed E-state index contributed by atoms with van der Waals surface area (Å²) in [6.07, 6.45) is 4.10. The summed E-state index contributed by atoms with van der Waals surface area (Å²) in [6.45, 7) is 0.0496. The number of carboxylic acid groups (broad SMARTS) is 1. The number of aromatic nitrogens is 2. The van der Waals surface area contributed by atoms with E-state index in [-0.39, 0.29) is 51.6 Å². The van der Waals surface area contributed by atoms with Crippen LogP contribution in [0.4, 0.5) is 0 Å². The van der Waals surface area contributed by atoms with E-state index in [1.807, 2.05) is 164 Å². The third kappa shape index (κ3) is 11.1. The molecule has 75 heavy (non-hydrogen) atoms. The smallest absolute Gasteiger partial charge is 0.326 e. The van der Waals surface area contributed by atoms with Gasteiger partial charge in [0, 0.05) is 79.4 Å². The minimum atomic E-state index is -1.28. The summed E-state index contributed by atoms with van der Waals surface area (Å²) in [5.41, 5.74) is 14.6. The van der Waals surface area contributed by atoms with E-state index >= 15 is 19.2 Å². The first-order valence-electron chi connectivity index (χ1n) is 25.3. The zero-order valence-electron chi connectivity index (χ0n) is 41.2. The lowest BCUT2D eigenvalue weighted by atomic mass is 9.91. The predicted molar refractivity (Wildman–Crippen MR) is 285 cm³/mol. The number of nitrogens with two attached hydrogens (primary N) is 1. The second-order valence-electron chi connectivity index (χ2n) is 19.5. The molecule has 0 fully saturated rings. The van der Waals surface area contributed by atoms with Crippen LogP contribution in [0.15, 0.2) is 170 Å². The number of amides is 5. The van der Waals surface area contributed by atoms with E-state index in [9.17, 15) is 14.7 Å². The quantitative estimate of drug-likeness (QED) is 0.0599. The topological polar surface area (TPSA) is 223 Å². The van der Waals surface area contributed by atoms with Crippen molar-refractivity contribution in [3.63, 3.8) is 0 Å². The number of nitrogens with zero attached hydrogens (tertiary/aromatic N) is 2. The van der Waals surface area contributed by atoms with Crippen LogP contribution in [-0.4, -0.2) is 96.6 Å². The van der Waals surface area contributed by atoms with Gasteiger partial charge in [-0.3, -0.25) is 24.0 Å². The minimum absolute atomic E-state index is 0.00527. The lowest BCUT2D eigenvalue weighted by Gasteiger charge is -2.39. The second-order valence-corrected chi connectivity index (χ2v) is 19.5. The second kappa shape index (κ2) is 22.1. The molecule has 15 nitrogen and oxygen atoms in total. The summed E-state index contributed by atoms with van der Waals surface area (Å²) in [4.78, 5) is 97.0. The number of aliphatic carboxylic acids is 1. The fourth-order valence-electron chi connectivity index (χ4n) is 10.6. The highest BCUT2D eigenvalue weighted by Gasteiger charge is 2.42. The van der Waals surface area contributed by atoms with Crippen LogP contribution in [0, 0.1) is 0 Å². The number of para-hydroxylation sites is 2. The third-order valence-corrected chi connectivity index (χ3v) is 14.6. The Morgan fingerprint density at radius 2 is 0.920 bits per heavy atom. The number of fused-ring (bicyclic) bond motifs is 4. The number of hydrogen-bond donors (Lipinski definition) is 7. The van der Waals surface area contributed by atoms with E-state index in [1.165, 1.54) is 9.80 Å². The molecule has 8 N–H and O–H groups in total. The van der Waals surface area contributed by atoms with Gasteiger partial charge >= 0.3 is 5.97 Å². The first-order chi connectivity index (χ1) is 36.5. The standard InChI is InChI=1S/C60H58N8O7/c61-47(27-37-15-3-1-4-16-37)55(69)65-51(29-43-33-62-48-25-13-11-23-45(43)48)58(72)67-35-41-21-9-7-19-39(41)31-53(67)57(71)64-50(28-38-17-5-2-6-18-38)56(70)66-52(30-44-34-63-49-26-14-12-24-46(44)49)59(73)68-36-42-22-10-8-20-40(42)32-54(68)60(74)75/h1-26,33-34,47,50-54,62-63H,27-32,35-36,61H2,(H,64,71)(H,65,69)(H,66,70)(H,74,75)/t47-,50-,51-,52-,53-,54-/m0/s1. The Bertz CT molecular complexity index is 3390. The zero-order valence-corrected chi connectivity index (χ0v) is 41.2. The molecular formula is C60H58N8O7. The number of nitrogens with one attached hydrogen (secondary N) is 5. The van der Waals surface area contributed by atoms with Gasteiger partial charge in [0.25, 0.3) is 0 Å². The van der Waals surface area contributed by atoms with Crippen LogP contribution in [0.1, 0.15) is 44.5 Å². The van der Waals surface area contributed by atoms with Crippen LogP contribution >= 0.6 is 0 Å². The van der Waals surface area contributed by atoms with Crippen molar-refractivity contribution in [2.45, 2.75) is 87.9 Å². The number of carbonyl (C=O) groups excluding carboxylic acids is 5. The summed E-state index contributed by atoms with van der Waals surface area (Å²) in [5.74, 6) is -4.11. The van der Waals surface area contributed by atoms with E-state index in [2.05, 4.69) is 25.9 Å². The maximum Gasteiger partial charge on any atom is 0.326 e. The largest absolute Gasteiger partial charge is 0.480 e. The number of hydrogen-bond acceptors (Lipinski definition) is 7. The summed E-state index contributed by atoms with van der Waals surface area (Å²) in [7, 11) is 0. The van der Waals surface area contributed by atoms with Gasteiger partial charge in [-0.2, -0.15) is 0 Å². The van der Waals surface area contributed by atoms with E-state index < -0.39 is 71.8 Å². The molecule has 2 aliphatic heterocycles. The Morgan fingerprint density at radius 3 is 1.44 bits per heavy atom. The SMILES string of the molecule is N[C@@H](Cc1ccccc1)C(=O)N[C@@H](Cc1c[nH]c2ccccc12)C(=O)N1Cc2ccccc2C[C@H]1C(=O)N[C@@H](Cc1ccccc1)C(=O)N[C@@H](Cc1c[nH]c2ccccc12)C(=O)N1Cc2ccccc2C[C@H]1C(=O)O. The lowest BCUT2D eigenvalue weighted by Crippen LogP contribution is -2.62. The van der Waals surface area contributed by atoms with E-state index in [4.69, 9.17) is 5.73 Å². The van der Waals surface area contributed by atoms with Crippen molar-refractivity contribution >= 4 is 57.3 Å². The van der Waals surface area contributed by atoms with Crippen LogP contribution in [-0.2, 0) is 80.4 Å². The Hall–Kier alpha value is -8.82. The summed E-state index contributed by atoms with van der Waals surface area (Å²) < 4.78 is 0. The van der Waals surface area contributed by atoms with Crippen LogP contribution in [0.3, 0.4) is 0 Å². The van der Waals surface area contributed by atoms with Crippen LogP contribution in [0.2, 0.25) is 0 Å². The molecule has 5 amide bonds. The molecule has 0 saturated heterocycles. The van der Waals surface area contributed by atoms with Gasteiger partial charge in [-0.05, 0) is 63.1 Å². The average molecular weight is 1000 g/mol. The maximum absolute atomic E-state index is 15.4. The number of aromatic amines is 2. The van der Waals surface area contributed by atoms with Gasteiger partial charge in [0.1, 0.15) is 30.2 Å². The van der Waals surface area contributed by atoms with E-state index in [1.54, 1.807) is 6.20 Å². The molecule has 0 spiro atoms. The molecule has 0 aliphatic carbocycles. The van der Waals surface area contributed by atoms with Gasteiger partial charge in [0.2, 0.25) is 29.5 Å². The van der Waals surface area contributed by atoms with Crippen molar-refractivity contribution in [3.05, 3.63) is 215 Å². The van der Waals surface area contributed by atoms with Gasteiger partial charge in [0.05, 0.1) is 6.04 Å². The van der Waals surface area contributed by atoms with Gasteiger partial charge in [-0.25, -0.2) is 4.79 Å². The fourth-order valence-corrected chi connectivity index (χ4v) is 10.6. The van der Waals surface area contributed by atoms with Gasteiger partial charge < -0.3 is 46.6 Å². The van der Waals surface area contributed by atoms with Gasteiger partial charge in [-0.15, -0.1) is 0 Å². The molecule has 8 aromatic rings. The molecule has 0 radical (unpaired) electrons. The molecule has 0 saturated carbocycles. The maximum atomic E-state index is 15.4. The number of carbonyl (C=O) groups is 6. The molecule has 380 valence electrons. The van der Waals surface area contributed by atoms with Gasteiger partial charge in [-0.1, -0.05) is 146 Å². The van der Waals surface area contributed by atoms with Crippen LogP contribution in [0.5, 0.6) is 0 Å². The van der Waals surface area contributed by atoms with Crippen molar-refractivity contribution in [2.24, 2.45) is 5.73 Å². The number of rotatable bonds is 17. The number of carboxylic acids is 1. The first kappa shape index (κ1) is 49.7. The lowest BCUT2D eigenvalue weighted by molar-refractivity contribution is -0.152. The molecule has 6 atom stereocenters. The number of benzene rings is 6. The van der Waals surface area contributed by atoms with E-state index in [0.29, 0.717) is 5.56 Å². The monoisotopic (exact) mass is 1000 g/mol. The minimum Gasteiger partial charge on any atom is -0.480 e. The summed E-state index contributed by atoms with van der Waals surface area (Å²) >= 11 is 0. The average Bonchev–Trinajstić information content (AvgIpc) is 4.05. The van der Waals surface area contributed by atoms with Crippen molar-refractivity contribution in [1.29, 1.82) is 0 Å². The first-order valence-corrected chi connectivity index (χ1v) is 25.3. The van der Waals surface area contributed by atoms with Crippen LogP contribution in [0.25, 0.3) is 21.8 Å². The molecule has 10 rings (SSSR count). The van der Waals surface area contributed by atoms with Crippen molar-refractivity contribution in [2.75, 3.05) is 0 Å². The summed E-state index contributed by atoms with van der Waals surface area (Å²) in [5, 5.41) is 21.2. The van der Waals surface area contributed by atoms with Gasteiger partial charge in [0.15, 0.2) is 0 Å². The normalized spacial score (nSPS) is 16.7. The third-order valence-electron chi connectivity index (χ3n) is 14.6. The Morgan fingerprint density at radius 1 is 0.493 bits per heavy atom. The highest BCUT2D eigenvalue weighted by Crippen LogP contribution is 2.29. The van der Waals surface area contributed by atoms with E-state index in [0.717, 1.165) is 60.8 Å². The summed E-state index contributed by atoms with van der Waals surface area (Å²) in [6, 6.07) is 41.7. The highest BCUT2D eigenvalue weighted by molar-refractivity contribution is 5.98.